The molecule has 0 fully saturated rings. The largest absolute Gasteiger partial charge is 0.492 e. The molecule has 5 heteroatoms. The fourth-order valence-corrected chi connectivity index (χ4v) is 3.30. The number of nitrogen functional groups attached to an aromatic ring is 2. The van der Waals surface area contributed by atoms with Crippen LogP contribution in [0.1, 0.15) is 34.6 Å². The van der Waals surface area contributed by atoms with Gasteiger partial charge in [-0.15, -0.1) is 0 Å². The van der Waals surface area contributed by atoms with Gasteiger partial charge in [0.1, 0.15) is 23.9 Å². The van der Waals surface area contributed by atoms with E-state index in [0.717, 1.165) is 5.75 Å². The van der Waals surface area contributed by atoms with Crippen LogP contribution in [0, 0.1) is 0 Å². The molecule has 0 saturated carbocycles. The number of hydrogen-bond acceptors (Lipinski definition) is 5. The van der Waals surface area contributed by atoms with Gasteiger partial charge < -0.3 is 20.9 Å². The molecular formula is C21H31N3O2. The lowest BCUT2D eigenvalue weighted by Crippen LogP contribution is -2.46. The Kier molecular flexibility index (Phi) is 6.75. The Morgan fingerprint density at radius 1 is 0.808 bits per heavy atom. The van der Waals surface area contributed by atoms with Crippen LogP contribution < -0.4 is 20.9 Å². The molecule has 5 nitrogen and oxygen atoms in total. The van der Waals surface area contributed by atoms with Crippen LogP contribution in [0.2, 0.25) is 0 Å². The van der Waals surface area contributed by atoms with Crippen molar-refractivity contribution in [1.82, 2.24) is 4.90 Å². The summed E-state index contributed by atoms with van der Waals surface area (Å²) in [6.07, 6.45) is 0. The minimum absolute atomic E-state index is 0.316. The van der Waals surface area contributed by atoms with E-state index in [0.29, 0.717) is 47.6 Å². The molecule has 0 heterocycles. The van der Waals surface area contributed by atoms with Gasteiger partial charge in [0, 0.05) is 30.3 Å². The van der Waals surface area contributed by atoms with E-state index in [4.69, 9.17) is 20.9 Å². The van der Waals surface area contributed by atoms with E-state index in [1.807, 2.05) is 24.3 Å². The zero-order valence-corrected chi connectivity index (χ0v) is 16.4. The minimum atomic E-state index is 0.316. The third kappa shape index (κ3) is 5.30. The Labute approximate surface area is 156 Å². The summed E-state index contributed by atoms with van der Waals surface area (Å²) in [4.78, 5) is 2.44. The first-order valence-corrected chi connectivity index (χ1v) is 9.11. The molecule has 1 atom stereocenters. The van der Waals surface area contributed by atoms with Crippen molar-refractivity contribution in [3.8, 4) is 17.2 Å². The lowest BCUT2D eigenvalue weighted by molar-refractivity contribution is 0.0856. The Morgan fingerprint density at radius 2 is 1.42 bits per heavy atom. The van der Waals surface area contributed by atoms with Crippen LogP contribution in [0.4, 0.5) is 11.4 Å². The molecule has 0 aliphatic rings. The van der Waals surface area contributed by atoms with Gasteiger partial charge in [-0.1, -0.05) is 6.07 Å². The summed E-state index contributed by atoms with van der Waals surface area (Å²) in [7, 11) is 0. The van der Waals surface area contributed by atoms with Gasteiger partial charge in [0.2, 0.25) is 0 Å². The molecule has 0 aromatic heterocycles. The molecule has 26 heavy (non-hydrogen) atoms. The van der Waals surface area contributed by atoms with Gasteiger partial charge in [-0.05, 0) is 58.9 Å². The molecule has 142 valence electrons. The van der Waals surface area contributed by atoms with Crippen molar-refractivity contribution in [2.75, 3.05) is 18.1 Å². The maximum atomic E-state index is 6.00. The summed E-state index contributed by atoms with van der Waals surface area (Å²) in [5.41, 5.74) is 12.6. The SMILES string of the molecule is CC(C)N(C(C)C)C(C)COc1cccc(Oc2ccc(N)c(N)c2)c1. The van der Waals surface area contributed by atoms with Crippen LogP contribution in [0.25, 0.3) is 0 Å². The quantitative estimate of drug-likeness (QED) is 0.679. The lowest BCUT2D eigenvalue weighted by atomic mass is 10.1. The molecule has 0 aliphatic carbocycles. The number of ether oxygens (including phenoxy) is 2. The van der Waals surface area contributed by atoms with E-state index in [2.05, 4.69) is 39.5 Å². The van der Waals surface area contributed by atoms with E-state index in [1.54, 1.807) is 18.2 Å². The predicted molar refractivity (Wildman–Crippen MR) is 109 cm³/mol. The Balaban J connectivity index is 2.01. The average molecular weight is 357 g/mol. The topological polar surface area (TPSA) is 73.7 Å². The first-order chi connectivity index (χ1) is 12.3. The van der Waals surface area contributed by atoms with Gasteiger partial charge in [-0.25, -0.2) is 0 Å². The van der Waals surface area contributed by atoms with Gasteiger partial charge in [-0.3, -0.25) is 4.90 Å². The van der Waals surface area contributed by atoms with Crippen molar-refractivity contribution in [3.05, 3.63) is 42.5 Å². The highest BCUT2D eigenvalue weighted by atomic mass is 16.5. The number of hydrogen-bond donors (Lipinski definition) is 2. The standard InChI is InChI=1S/C21H31N3O2/c1-14(2)24(15(3)4)16(5)13-25-17-7-6-8-18(11-17)26-19-9-10-20(22)21(23)12-19/h6-12,14-16H,13,22-23H2,1-5H3. The maximum absolute atomic E-state index is 6.00. The third-order valence-corrected chi connectivity index (χ3v) is 4.29. The first kappa shape index (κ1) is 19.9. The Bertz CT molecular complexity index is 708. The molecule has 2 aromatic rings. The molecule has 0 spiro atoms. The normalized spacial score (nSPS) is 12.6. The smallest absolute Gasteiger partial charge is 0.131 e. The monoisotopic (exact) mass is 357 g/mol. The zero-order valence-electron chi connectivity index (χ0n) is 16.4. The van der Waals surface area contributed by atoms with Crippen LogP contribution in [-0.4, -0.2) is 29.6 Å². The molecular weight excluding hydrogens is 326 g/mol. The number of rotatable bonds is 8. The molecule has 0 radical (unpaired) electrons. The highest BCUT2D eigenvalue weighted by Gasteiger charge is 2.20. The number of nitrogens with zero attached hydrogens (tertiary/aromatic N) is 1. The van der Waals surface area contributed by atoms with Gasteiger partial charge in [0.05, 0.1) is 11.4 Å². The fraction of sp³-hybridized carbons (Fsp3) is 0.429. The van der Waals surface area contributed by atoms with Crippen molar-refractivity contribution < 1.29 is 9.47 Å². The summed E-state index contributed by atoms with van der Waals surface area (Å²) in [5.74, 6) is 2.13. The average Bonchev–Trinajstić information content (AvgIpc) is 2.56. The second kappa shape index (κ2) is 8.81. The highest BCUT2D eigenvalue weighted by molar-refractivity contribution is 5.65. The number of benzene rings is 2. The van der Waals surface area contributed by atoms with Crippen LogP contribution in [0.5, 0.6) is 17.2 Å². The van der Waals surface area contributed by atoms with Crippen LogP contribution in [-0.2, 0) is 0 Å². The molecule has 1 unspecified atom stereocenters. The van der Waals surface area contributed by atoms with Crippen LogP contribution >= 0.6 is 0 Å². The summed E-state index contributed by atoms with van der Waals surface area (Å²) < 4.78 is 11.9. The van der Waals surface area contributed by atoms with E-state index < -0.39 is 0 Å². The van der Waals surface area contributed by atoms with Crippen molar-refractivity contribution in [2.45, 2.75) is 52.7 Å². The van der Waals surface area contributed by atoms with E-state index >= 15 is 0 Å². The maximum Gasteiger partial charge on any atom is 0.131 e. The summed E-state index contributed by atoms with van der Waals surface area (Å²) >= 11 is 0. The molecule has 2 aromatic carbocycles. The second-order valence-electron chi connectivity index (χ2n) is 7.16. The second-order valence-corrected chi connectivity index (χ2v) is 7.16. The van der Waals surface area contributed by atoms with E-state index in [9.17, 15) is 0 Å². The van der Waals surface area contributed by atoms with Crippen molar-refractivity contribution in [2.24, 2.45) is 0 Å². The zero-order chi connectivity index (χ0) is 19.3. The Morgan fingerprint density at radius 3 is 2.04 bits per heavy atom. The first-order valence-electron chi connectivity index (χ1n) is 9.11. The Hall–Kier alpha value is -2.40. The summed E-state index contributed by atoms with van der Waals surface area (Å²) in [6, 6.07) is 14.1. The van der Waals surface area contributed by atoms with Crippen molar-refractivity contribution in [1.29, 1.82) is 0 Å². The van der Waals surface area contributed by atoms with Gasteiger partial charge >= 0.3 is 0 Å². The van der Waals surface area contributed by atoms with Crippen LogP contribution in [0.3, 0.4) is 0 Å². The van der Waals surface area contributed by atoms with E-state index in [1.165, 1.54) is 0 Å². The fourth-order valence-electron chi connectivity index (χ4n) is 3.30. The summed E-state index contributed by atoms with van der Waals surface area (Å²) in [6.45, 7) is 11.7. The molecule has 0 aliphatic heterocycles. The molecule has 0 amide bonds. The molecule has 2 rings (SSSR count). The van der Waals surface area contributed by atoms with Crippen LogP contribution in [0.15, 0.2) is 42.5 Å². The number of nitrogens with two attached hydrogens (primary N) is 2. The molecule has 0 bridgehead atoms. The highest BCUT2D eigenvalue weighted by Crippen LogP contribution is 2.28. The third-order valence-electron chi connectivity index (χ3n) is 4.29. The van der Waals surface area contributed by atoms with Gasteiger partial charge in [-0.2, -0.15) is 0 Å². The minimum Gasteiger partial charge on any atom is -0.492 e. The van der Waals surface area contributed by atoms with E-state index in [-0.39, 0.29) is 0 Å². The van der Waals surface area contributed by atoms with Crippen molar-refractivity contribution >= 4 is 11.4 Å². The van der Waals surface area contributed by atoms with Gasteiger partial charge in [0.25, 0.3) is 0 Å². The molecule has 0 saturated heterocycles. The lowest BCUT2D eigenvalue weighted by Gasteiger charge is -2.36. The molecule has 4 N–H and O–H groups in total. The number of anilines is 2. The summed E-state index contributed by atoms with van der Waals surface area (Å²) in [5, 5.41) is 0. The van der Waals surface area contributed by atoms with Crippen molar-refractivity contribution in [3.63, 3.8) is 0 Å². The predicted octanol–water partition coefficient (Wildman–Crippen LogP) is 4.53. The van der Waals surface area contributed by atoms with Gasteiger partial charge in [0.15, 0.2) is 0 Å².